The minimum Gasteiger partial charge on any atom is -0.393 e. The predicted molar refractivity (Wildman–Crippen MR) is 102 cm³/mol. The van der Waals surface area contributed by atoms with Crippen LogP contribution in [-0.2, 0) is 24.2 Å². The number of imidazole rings is 1. The Kier molecular flexibility index (Phi) is 5.71. The lowest BCUT2D eigenvalue weighted by molar-refractivity contribution is -0.121. The summed E-state index contributed by atoms with van der Waals surface area (Å²) in [4.78, 5) is 15.4. The van der Waals surface area contributed by atoms with Gasteiger partial charge in [-0.05, 0) is 44.3 Å². The van der Waals surface area contributed by atoms with Gasteiger partial charge in [0, 0.05) is 41.5 Å². The molecule has 10 heteroatoms. The molecule has 1 aromatic heterocycles. The highest BCUT2D eigenvalue weighted by Crippen LogP contribution is 2.36. The molecule has 2 heterocycles. The normalized spacial score (nSPS) is 23.4. The minimum absolute atomic E-state index is 0.000221. The highest BCUT2D eigenvalue weighted by atomic mass is 32.1. The summed E-state index contributed by atoms with van der Waals surface area (Å²) >= 11 is 5.26. The topological polar surface area (TPSA) is 70.0 Å². The molecule has 1 aromatic carbocycles. The van der Waals surface area contributed by atoms with Gasteiger partial charge in [0.15, 0.2) is 28.0 Å². The van der Waals surface area contributed by atoms with Crippen LogP contribution in [-0.4, -0.2) is 32.7 Å². The molecule has 1 atom stereocenters. The summed E-state index contributed by atoms with van der Waals surface area (Å²) in [6, 6.07) is 0.182. The van der Waals surface area contributed by atoms with Crippen molar-refractivity contribution in [1.29, 1.82) is 0 Å². The summed E-state index contributed by atoms with van der Waals surface area (Å²) in [7, 11) is 0. The van der Waals surface area contributed by atoms with Crippen molar-refractivity contribution in [3.8, 4) is 0 Å². The Morgan fingerprint density at radius 1 is 1.17 bits per heavy atom. The first-order valence-electron chi connectivity index (χ1n) is 9.85. The van der Waals surface area contributed by atoms with Crippen molar-refractivity contribution in [2.45, 2.75) is 63.1 Å². The van der Waals surface area contributed by atoms with Crippen molar-refractivity contribution in [3.05, 3.63) is 51.1 Å². The van der Waals surface area contributed by atoms with E-state index in [2.05, 4.69) is 10.3 Å². The summed E-state index contributed by atoms with van der Waals surface area (Å²) < 4.78 is 57.6. The predicted octanol–water partition coefficient (Wildman–Crippen LogP) is 3.40. The minimum atomic E-state index is -1.44. The van der Waals surface area contributed by atoms with Gasteiger partial charge in [-0.25, -0.2) is 17.6 Å². The molecule has 0 bridgehead atoms. The highest BCUT2D eigenvalue weighted by Gasteiger charge is 2.33. The number of fused-ring (bicyclic) bond motifs is 1. The molecule has 1 fully saturated rings. The number of halogens is 4. The monoisotopic (exact) mass is 443 g/mol. The lowest BCUT2D eigenvalue weighted by Crippen LogP contribution is -2.39. The molecule has 0 spiro atoms. The standard InChI is InChI=1S/C20H21F4N3O2S/c21-12-6-13(22)19(24)17(18(12)23)9-5-15-14(26-20(30)27(15)8-9)7-16(29)25-10-1-3-11(28)4-2-10/h6,9-11,28H,1-5,7-8H2,(H,25,29)(H,26,30)/t9-,10?,11?/m0/s1. The molecule has 1 amide bonds. The van der Waals surface area contributed by atoms with Gasteiger partial charge in [0.05, 0.1) is 12.5 Å². The van der Waals surface area contributed by atoms with E-state index in [-0.39, 0.29) is 48.3 Å². The van der Waals surface area contributed by atoms with Crippen molar-refractivity contribution in [2.75, 3.05) is 0 Å². The van der Waals surface area contributed by atoms with E-state index >= 15 is 0 Å². The zero-order valence-corrected chi connectivity index (χ0v) is 16.8. The summed E-state index contributed by atoms with van der Waals surface area (Å²) in [5.74, 6) is -6.75. The molecule has 3 N–H and O–H groups in total. The average Bonchev–Trinajstić information content (AvgIpc) is 3.24. The maximum absolute atomic E-state index is 14.2. The van der Waals surface area contributed by atoms with Gasteiger partial charge < -0.3 is 20.0 Å². The van der Waals surface area contributed by atoms with Crippen molar-refractivity contribution in [1.82, 2.24) is 14.9 Å². The van der Waals surface area contributed by atoms with Crippen LogP contribution >= 0.6 is 12.2 Å². The molecular formula is C20H21F4N3O2S. The van der Waals surface area contributed by atoms with Gasteiger partial charge in [0.2, 0.25) is 5.91 Å². The van der Waals surface area contributed by atoms with Gasteiger partial charge >= 0.3 is 0 Å². The van der Waals surface area contributed by atoms with Crippen LogP contribution in [0.15, 0.2) is 6.07 Å². The SMILES string of the molecule is O=C(Cc1[nH]c(=S)n2c1C[C@H](c1c(F)c(F)cc(F)c1F)C2)NC1CCC(O)CC1. The maximum Gasteiger partial charge on any atom is 0.226 e. The lowest BCUT2D eigenvalue weighted by atomic mass is 9.93. The van der Waals surface area contributed by atoms with E-state index in [9.17, 15) is 27.5 Å². The molecule has 4 rings (SSSR count). The number of nitrogens with one attached hydrogen (secondary N) is 2. The number of aliphatic hydroxyl groups is 1. The number of aromatic amines is 1. The third-order valence-electron chi connectivity index (χ3n) is 5.97. The van der Waals surface area contributed by atoms with E-state index in [4.69, 9.17) is 12.2 Å². The number of H-pyrrole nitrogens is 1. The average molecular weight is 443 g/mol. The summed E-state index contributed by atoms with van der Waals surface area (Å²) in [5.41, 5.74) is 0.484. The van der Waals surface area contributed by atoms with Crippen molar-refractivity contribution >= 4 is 18.1 Å². The van der Waals surface area contributed by atoms with Crippen molar-refractivity contribution in [3.63, 3.8) is 0 Å². The van der Waals surface area contributed by atoms with E-state index in [0.717, 1.165) is 0 Å². The van der Waals surface area contributed by atoms with Crippen LogP contribution in [0.25, 0.3) is 0 Å². The van der Waals surface area contributed by atoms with Crippen LogP contribution in [0.5, 0.6) is 0 Å². The van der Waals surface area contributed by atoms with E-state index in [1.165, 1.54) is 0 Å². The Morgan fingerprint density at radius 2 is 1.80 bits per heavy atom. The van der Waals surface area contributed by atoms with Gasteiger partial charge in [-0.15, -0.1) is 0 Å². The number of carbonyl (C=O) groups excluding carboxylic acids is 1. The number of amides is 1. The van der Waals surface area contributed by atoms with Gasteiger partial charge in [-0.1, -0.05) is 0 Å². The molecule has 2 aromatic rings. The molecule has 5 nitrogen and oxygen atoms in total. The second kappa shape index (κ2) is 8.14. The maximum atomic E-state index is 14.2. The number of nitrogens with zero attached hydrogens (tertiary/aromatic N) is 1. The molecule has 162 valence electrons. The van der Waals surface area contributed by atoms with Crippen LogP contribution in [0.3, 0.4) is 0 Å². The third kappa shape index (κ3) is 3.90. The first kappa shape index (κ1) is 21.0. The molecule has 0 radical (unpaired) electrons. The Morgan fingerprint density at radius 3 is 2.43 bits per heavy atom. The fourth-order valence-electron chi connectivity index (χ4n) is 4.45. The van der Waals surface area contributed by atoms with Gasteiger partial charge in [0.25, 0.3) is 0 Å². The fourth-order valence-corrected chi connectivity index (χ4v) is 4.76. The quantitative estimate of drug-likeness (QED) is 0.385. The Balaban J connectivity index is 1.51. The Hall–Kier alpha value is -2.20. The van der Waals surface area contributed by atoms with Gasteiger partial charge in [0.1, 0.15) is 0 Å². The van der Waals surface area contributed by atoms with E-state index in [1.807, 2.05) is 0 Å². The fraction of sp³-hybridized carbons (Fsp3) is 0.500. The lowest BCUT2D eigenvalue weighted by Gasteiger charge is -2.26. The van der Waals surface area contributed by atoms with E-state index in [1.54, 1.807) is 4.57 Å². The number of aliphatic hydroxyl groups excluding tert-OH is 1. The van der Waals surface area contributed by atoms with Crippen LogP contribution in [0, 0.1) is 28.0 Å². The number of carbonyl (C=O) groups is 1. The molecule has 1 aliphatic carbocycles. The second-order valence-corrected chi connectivity index (χ2v) is 8.39. The van der Waals surface area contributed by atoms with Crippen LogP contribution < -0.4 is 5.32 Å². The van der Waals surface area contributed by atoms with Crippen molar-refractivity contribution in [2.24, 2.45) is 0 Å². The molecule has 1 aliphatic heterocycles. The molecule has 30 heavy (non-hydrogen) atoms. The van der Waals surface area contributed by atoms with Crippen molar-refractivity contribution < 1.29 is 27.5 Å². The first-order valence-corrected chi connectivity index (χ1v) is 10.3. The van der Waals surface area contributed by atoms with Crippen LogP contribution in [0.1, 0.15) is 48.6 Å². The van der Waals surface area contributed by atoms with Gasteiger partial charge in [-0.3, -0.25) is 4.79 Å². The van der Waals surface area contributed by atoms with E-state index < -0.39 is 34.8 Å². The Bertz CT molecular complexity index is 1020. The number of rotatable bonds is 4. The number of benzene rings is 1. The van der Waals surface area contributed by atoms with Crippen LogP contribution in [0.2, 0.25) is 0 Å². The summed E-state index contributed by atoms with van der Waals surface area (Å²) in [6.07, 6.45) is 2.44. The zero-order chi connectivity index (χ0) is 21.6. The highest BCUT2D eigenvalue weighted by molar-refractivity contribution is 7.71. The van der Waals surface area contributed by atoms with Gasteiger partial charge in [-0.2, -0.15) is 0 Å². The van der Waals surface area contributed by atoms with Crippen LogP contribution in [0.4, 0.5) is 17.6 Å². The summed E-state index contributed by atoms with van der Waals surface area (Å²) in [6.45, 7) is 0.0591. The second-order valence-electron chi connectivity index (χ2n) is 8.00. The summed E-state index contributed by atoms with van der Waals surface area (Å²) in [5, 5.41) is 12.5. The molecule has 1 saturated carbocycles. The zero-order valence-electron chi connectivity index (χ0n) is 16.0. The smallest absolute Gasteiger partial charge is 0.226 e. The Labute approximate surface area is 175 Å². The largest absolute Gasteiger partial charge is 0.393 e. The van der Waals surface area contributed by atoms with E-state index in [0.29, 0.717) is 37.1 Å². The first-order chi connectivity index (χ1) is 14.2. The molecule has 2 aliphatic rings. The molecule has 0 unspecified atom stereocenters. The number of aromatic nitrogens is 2. The number of hydrogen-bond acceptors (Lipinski definition) is 3. The molecular weight excluding hydrogens is 422 g/mol. The molecule has 0 saturated heterocycles. The number of hydrogen-bond donors (Lipinski definition) is 3. The third-order valence-corrected chi connectivity index (χ3v) is 6.30.